The Hall–Kier alpha value is -3.72. The number of nitrogens with zero attached hydrogens (tertiary/aromatic N) is 3. The summed E-state index contributed by atoms with van der Waals surface area (Å²) in [6.45, 7) is 2.42. The van der Waals surface area contributed by atoms with Crippen LogP contribution in [-0.2, 0) is 16.4 Å². The van der Waals surface area contributed by atoms with Gasteiger partial charge in [0.1, 0.15) is 5.75 Å². The van der Waals surface area contributed by atoms with Crippen LogP contribution in [0.5, 0.6) is 5.75 Å². The summed E-state index contributed by atoms with van der Waals surface area (Å²) in [5.74, 6) is 1.41. The van der Waals surface area contributed by atoms with Crippen LogP contribution in [0, 0.1) is 0 Å². The van der Waals surface area contributed by atoms with Gasteiger partial charge in [-0.1, -0.05) is 17.3 Å². The van der Waals surface area contributed by atoms with E-state index in [9.17, 15) is 8.42 Å². The molecule has 0 saturated carbocycles. The van der Waals surface area contributed by atoms with Crippen molar-refractivity contribution in [1.29, 1.82) is 0 Å². The Kier molecular flexibility index (Phi) is 5.94. The van der Waals surface area contributed by atoms with Gasteiger partial charge in [-0.3, -0.25) is 9.71 Å². The normalized spacial score (nSPS) is 11.3. The number of hydrogen-bond donors (Lipinski definition) is 1. The van der Waals surface area contributed by atoms with Crippen molar-refractivity contribution in [2.24, 2.45) is 0 Å². The first kappa shape index (κ1) is 20.5. The van der Waals surface area contributed by atoms with Gasteiger partial charge in [0.15, 0.2) is 5.82 Å². The quantitative estimate of drug-likeness (QED) is 0.446. The van der Waals surface area contributed by atoms with E-state index < -0.39 is 10.0 Å². The van der Waals surface area contributed by atoms with E-state index in [0.717, 1.165) is 5.56 Å². The summed E-state index contributed by atoms with van der Waals surface area (Å²) in [6, 6.07) is 16.8. The lowest BCUT2D eigenvalue weighted by atomic mass is 10.2. The number of pyridine rings is 1. The standard InChI is InChI=1S/C22H20N4O4S/c1-2-29-19-10-8-18(9-11-19)26-31(27,28)20-7-3-6-17(14-20)22-24-21(25-30-22)13-16-5-4-12-23-15-16/h3-12,14-15,26H,2,13H2,1H3. The first-order valence-corrected chi connectivity index (χ1v) is 11.1. The van der Waals surface area contributed by atoms with Crippen LogP contribution >= 0.6 is 0 Å². The molecular weight excluding hydrogens is 416 g/mol. The molecule has 158 valence electrons. The predicted octanol–water partition coefficient (Wildman–Crippen LogP) is 3.92. The molecule has 0 aliphatic heterocycles. The van der Waals surface area contributed by atoms with Gasteiger partial charge in [-0.2, -0.15) is 4.98 Å². The van der Waals surface area contributed by atoms with E-state index in [2.05, 4.69) is 19.8 Å². The first-order chi connectivity index (χ1) is 15.0. The number of benzene rings is 2. The molecule has 0 spiro atoms. The smallest absolute Gasteiger partial charge is 0.261 e. The van der Waals surface area contributed by atoms with Crippen LogP contribution in [0.1, 0.15) is 18.3 Å². The predicted molar refractivity (Wildman–Crippen MR) is 115 cm³/mol. The minimum Gasteiger partial charge on any atom is -0.494 e. The van der Waals surface area contributed by atoms with Crippen LogP contribution in [0.15, 0.2) is 82.5 Å². The van der Waals surface area contributed by atoms with Crippen molar-refractivity contribution >= 4 is 15.7 Å². The van der Waals surface area contributed by atoms with Crippen molar-refractivity contribution in [3.63, 3.8) is 0 Å². The Bertz CT molecular complexity index is 1260. The van der Waals surface area contributed by atoms with Gasteiger partial charge >= 0.3 is 0 Å². The Labute approximate surface area is 180 Å². The third kappa shape index (κ3) is 5.07. The molecule has 0 aliphatic carbocycles. The van der Waals surface area contributed by atoms with Crippen LogP contribution in [-0.4, -0.2) is 30.1 Å². The van der Waals surface area contributed by atoms with Crippen molar-refractivity contribution in [1.82, 2.24) is 15.1 Å². The fourth-order valence-corrected chi connectivity index (χ4v) is 4.03. The van der Waals surface area contributed by atoms with Crippen molar-refractivity contribution in [3.05, 3.63) is 84.4 Å². The van der Waals surface area contributed by atoms with E-state index in [4.69, 9.17) is 9.26 Å². The average molecular weight is 436 g/mol. The molecule has 4 aromatic rings. The second-order valence-electron chi connectivity index (χ2n) is 6.64. The van der Waals surface area contributed by atoms with Crippen molar-refractivity contribution < 1.29 is 17.7 Å². The van der Waals surface area contributed by atoms with E-state index >= 15 is 0 Å². The fourth-order valence-electron chi connectivity index (χ4n) is 2.92. The molecule has 2 aromatic carbocycles. The molecule has 0 saturated heterocycles. The zero-order valence-corrected chi connectivity index (χ0v) is 17.5. The highest BCUT2D eigenvalue weighted by atomic mass is 32.2. The summed E-state index contributed by atoms with van der Waals surface area (Å²) in [5, 5.41) is 3.98. The second kappa shape index (κ2) is 8.97. The Morgan fingerprint density at radius 2 is 1.90 bits per heavy atom. The highest BCUT2D eigenvalue weighted by Crippen LogP contribution is 2.24. The molecule has 0 atom stereocenters. The van der Waals surface area contributed by atoms with Crippen LogP contribution in [0.3, 0.4) is 0 Å². The average Bonchev–Trinajstić information content (AvgIpc) is 3.24. The molecule has 31 heavy (non-hydrogen) atoms. The lowest BCUT2D eigenvalue weighted by Gasteiger charge is -2.09. The molecule has 4 rings (SSSR count). The number of rotatable bonds is 8. The second-order valence-corrected chi connectivity index (χ2v) is 8.33. The molecule has 0 radical (unpaired) electrons. The number of nitrogens with one attached hydrogen (secondary N) is 1. The zero-order valence-electron chi connectivity index (χ0n) is 16.7. The number of aromatic nitrogens is 3. The first-order valence-electron chi connectivity index (χ1n) is 9.61. The van der Waals surface area contributed by atoms with E-state index in [-0.39, 0.29) is 10.8 Å². The van der Waals surface area contributed by atoms with Crippen LogP contribution in [0.4, 0.5) is 5.69 Å². The molecule has 0 unspecified atom stereocenters. The lowest BCUT2D eigenvalue weighted by molar-refractivity contribution is 0.340. The summed E-state index contributed by atoms with van der Waals surface area (Å²) in [4.78, 5) is 8.53. The third-order valence-corrected chi connectivity index (χ3v) is 5.74. The third-order valence-electron chi connectivity index (χ3n) is 4.36. The number of sulfonamides is 1. The van der Waals surface area contributed by atoms with Gasteiger partial charge in [-0.15, -0.1) is 0 Å². The molecule has 8 nitrogen and oxygen atoms in total. The largest absolute Gasteiger partial charge is 0.494 e. The molecule has 9 heteroatoms. The van der Waals surface area contributed by atoms with Crippen molar-refractivity contribution in [2.75, 3.05) is 11.3 Å². The van der Waals surface area contributed by atoms with E-state index in [0.29, 0.717) is 35.9 Å². The SMILES string of the molecule is CCOc1ccc(NS(=O)(=O)c2cccc(-c3nc(Cc4cccnc4)no3)c2)cc1. The minimum absolute atomic E-state index is 0.0888. The van der Waals surface area contributed by atoms with E-state index in [1.807, 2.05) is 19.1 Å². The van der Waals surface area contributed by atoms with Crippen LogP contribution in [0.2, 0.25) is 0 Å². The molecule has 0 aliphatic rings. The Balaban J connectivity index is 1.52. The van der Waals surface area contributed by atoms with Gasteiger partial charge in [-0.25, -0.2) is 8.42 Å². The topological polar surface area (TPSA) is 107 Å². The van der Waals surface area contributed by atoms with E-state index in [1.54, 1.807) is 48.8 Å². The Morgan fingerprint density at radius 3 is 2.65 bits per heavy atom. The summed E-state index contributed by atoms with van der Waals surface area (Å²) in [6.07, 6.45) is 3.89. The summed E-state index contributed by atoms with van der Waals surface area (Å²) in [5.41, 5.74) is 1.90. The molecule has 0 bridgehead atoms. The summed E-state index contributed by atoms with van der Waals surface area (Å²) >= 11 is 0. The molecular formula is C22H20N4O4S. The maximum absolute atomic E-state index is 12.8. The van der Waals surface area contributed by atoms with Gasteiger partial charge < -0.3 is 9.26 Å². The van der Waals surface area contributed by atoms with Gasteiger partial charge in [0.2, 0.25) is 0 Å². The Morgan fingerprint density at radius 1 is 1.06 bits per heavy atom. The minimum atomic E-state index is -3.80. The molecule has 1 N–H and O–H groups in total. The summed E-state index contributed by atoms with van der Waals surface area (Å²) < 4.78 is 38.9. The lowest BCUT2D eigenvalue weighted by Crippen LogP contribution is -2.13. The number of anilines is 1. The number of ether oxygens (including phenoxy) is 1. The van der Waals surface area contributed by atoms with Gasteiger partial charge in [-0.05, 0) is 61.0 Å². The van der Waals surface area contributed by atoms with Crippen LogP contribution < -0.4 is 9.46 Å². The van der Waals surface area contributed by atoms with Crippen molar-refractivity contribution in [2.45, 2.75) is 18.2 Å². The van der Waals surface area contributed by atoms with Gasteiger partial charge in [0.05, 0.1) is 11.5 Å². The zero-order chi connectivity index (χ0) is 21.7. The maximum atomic E-state index is 12.8. The fraction of sp³-hybridized carbons (Fsp3) is 0.136. The van der Waals surface area contributed by atoms with E-state index in [1.165, 1.54) is 12.1 Å². The van der Waals surface area contributed by atoms with Crippen molar-refractivity contribution in [3.8, 4) is 17.2 Å². The molecule has 2 aromatic heterocycles. The molecule has 0 amide bonds. The molecule has 0 fully saturated rings. The molecule has 2 heterocycles. The van der Waals surface area contributed by atoms with Crippen LogP contribution in [0.25, 0.3) is 11.5 Å². The van der Waals surface area contributed by atoms with Gasteiger partial charge in [0.25, 0.3) is 15.9 Å². The highest BCUT2D eigenvalue weighted by Gasteiger charge is 2.17. The monoisotopic (exact) mass is 436 g/mol. The number of hydrogen-bond acceptors (Lipinski definition) is 7. The summed E-state index contributed by atoms with van der Waals surface area (Å²) in [7, 11) is -3.80. The maximum Gasteiger partial charge on any atom is 0.261 e. The highest BCUT2D eigenvalue weighted by molar-refractivity contribution is 7.92. The van der Waals surface area contributed by atoms with Gasteiger partial charge in [0, 0.05) is 30.1 Å².